The monoisotopic (exact) mass is 406 g/mol. The van der Waals surface area contributed by atoms with Gasteiger partial charge in [-0.15, -0.1) is 0 Å². The number of aliphatic hydroxyl groups excluding tert-OH is 1. The summed E-state index contributed by atoms with van der Waals surface area (Å²) in [6.45, 7) is 4.50. The highest BCUT2D eigenvalue weighted by atomic mass is 32.2. The predicted octanol–water partition coefficient (Wildman–Crippen LogP) is 1.49. The topological polar surface area (TPSA) is 105 Å². The van der Waals surface area contributed by atoms with Crippen molar-refractivity contribution in [1.29, 1.82) is 0 Å². The lowest BCUT2D eigenvalue weighted by Gasteiger charge is -2.12. The highest BCUT2D eigenvalue weighted by molar-refractivity contribution is 7.99. The molecule has 8 nitrogen and oxygen atoms in total. The summed E-state index contributed by atoms with van der Waals surface area (Å²) in [6.07, 6.45) is 1.51. The molecular formula is C19H26N4O4S. The molecular weight excluding hydrogens is 380 g/mol. The smallest absolute Gasteiger partial charge is 0.240 e. The van der Waals surface area contributed by atoms with E-state index >= 15 is 0 Å². The summed E-state index contributed by atoms with van der Waals surface area (Å²) < 4.78 is 6.51. The Labute approximate surface area is 168 Å². The van der Waals surface area contributed by atoms with Gasteiger partial charge in [-0.3, -0.25) is 9.59 Å². The van der Waals surface area contributed by atoms with Crippen LogP contribution in [0, 0.1) is 13.8 Å². The summed E-state index contributed by atoms with van der Waals surface area (Å²) in [7, 11) is 1.56. The summed E-state index contributed by atoms with van der Waals surface area (Å²) in [5.41, 5.74) is 3.35. The first-order valence-corrected chi connectivity index (χ1v) is 9.84. The van der Waals surface area contributed by atoms with Gasteiger partial charge >= 0.3 is 0 Å². The highest BCUT2D eigenvalue weighted by Gasteiger charge is 2.15. The normalized spacial score (nSPS) is 10.7. The SMILES string of the molecule is COCCNC(=O)Cn1c(CO)cnc1SCC(=O)Nc1cc(C)ccc1C. The van der Waals surface area contributed by atoms with E-state index in [-0.39, 0.29) is 30.7 Å². The van der Waals surface area contributed by atoms with Crippen molar-refractivity contribution in [2.45, 2.75) is 32.2 Å². The van der Waals surface area contributed by atoms with Crippen LogP contribution in [0.4, 0.5) is 5.69 Å². The quantitative estimate of drug-likeness (QED) is 0.408. The van der Waals surface area contributed by atoms with Gasteiger partial charge in [0.05, 0.1) is 30.9 Å². The van der Waals surface area contributed by atoms with Crippen molar-refractivity contribution in [3.05, 3.63) is 41.2 Å². The molecule has 9 heteroatoms. The average Bonchev–Trinajstić information content (AvgIpc) is 3.05. The van der Waals surface area contributed by atoms with Crippen LogP contribution in [0.5, 0.6) is 0 Å². The van der Waals surface area contributed by atoms with E-state index < -0.39 is 0 Å². The van der Waals surface area contributed by atoms with Crippen LogP contribution < -0.4 is 10.6 Å². The molecule has 0 radical (unpaired) electrons. The second kappa shape index (κ2) is 10.8. The first-order valence-electron chi connectivity index (χ1n) is 8.85. The number of thioether (sulfide) groups is 1. The molecule has 2 rings (SSSR count). The third-order valence-electron chi connectivity index (χ3n) is 3.99. The van der Waals surface area contributed by atoms with Crippen LogP contribution in [-0.2, 0) is 27.5 Å². The maximum Gasteiger partial charge on any atom is 0.240 e. The predicted molar refractivity (Wildman–Crippen MR) is 108 cm³/mol. The fraction of sp³-hybridized carbons (Fsp3) is 0.421. The first-order chi connectivity index (χ1) is 13.4. The van der Waals surface area contributed by atoms with Crippen molar-refractivity contribution in [3.8, 4) is 0 Å². The van der Waals surface area contributed by atoms with Crippen LogP contribution in [0.1, 0.15) is 16.8 Å². The van der Waals surface area contributed by atoms with Gasteiger partial charge in [0, 0.05) is 19.3 Å². The fourth-order valence-corrected chi connectivity index (χ4v) is 3.28. The maximum absolute atomic E-state index is 12.3. The number of carbonyl (C=O) groups is 2. The Kier molecular flexibility index (Phi) is 8.49. The lowest BCUT2D eigenvalue weighted by atomic mass is 10.1. The fourth-order valence-electron chi connectivity index (χ4n) is 2.48. The number of aryl methyl sites for hydroxylation is 2. The molecule has 0 saturated carbocycles. The second-order valence-electron chi connectivity index (χ2n) is 6.27. The molecule has 28 heavy (non-hydrogen) atoms. The number of benzene rings is 1. The Bertz CT molecular complexity index is 822. The summed E-state index contributed by atoms with van der Waals surface area (Å²) in [5.74, 6) is -0.240. The van der Waals surface area contributed by atoms with Crippen molar-refractivity contribution in [2.24, 2.45) is 0 Å². The number of aromatic nitrogens is 2. The van der Waals surface area contributed by atoms with E-state index in [0.29, 0.717) is 24.0 Å². The third kappa shape index (κ3) is 6.36. The van der Waals surface area contributed by atoms with Gasteiger partial charge in [0.2, 0.25) is 11.8 Å². The maximum atomic E-state index is 12.3. The molecule has 0 aliphatic carbocycles. The minimum absolute atomic E-state index is 0.0144. The Balaban J connectivity index is 1.97. The summed E-state index contributed by atoms with van der Waals surface area (Å²) in [5, 5.41) is 15.6. The number of nitrogens with one attached hydrogen (secondary N) is 2. The molecule has 2 amide bonds. The molecule has 0 saturated heterocycles. The van der Waals surface area contributed by atoms with Gasteiger partial charge in [-0.1, -0.05) is 23.9 Å². The molecule has 0 aliphatic heterocycles. The lowest BCUT2D eigenvalue weighted by Crippen LogP contribution is -2.31. The average molecular weight is 407 g/mol. The number of amides is 2. The van der Waals surface area contributed by atoms with Crippen LogP contribution in [0.15, 0.2) is 29.6 Å². The van der Waals surface area contributed by atoms with Gasteiger partial charge in [-0.2, -0.15) is 0 Å². The van der Waals surface area contributed by atoms with E-state index in [1.54, 1.807) is 11.7 Å². The number of imidazole rings is 1. The zero-order valence-corrected chi connectivity index (χ0v) is 17.1. The molecule has 1 aromatic heterocycles. The minimum atomic E-state index is -0.242. The summed E-state index contributed by atoms with van der Waals surface area (Å²) >= 11 is 1.22. The van der Waals surface area contributed by atoms with Gasteiger partial charge in [-0.05, 0) is 31.0 Å². The Morgan fingerprint density at radius 2 is 2.07 bits per heavy atom. The van der Waals surface area contributed by atoms with Crippen LogP contribution in [0.25, 0.3) is 0 Å². The van der Waals surface area contributed by atoms with Crippen molar-refractivity contribution in [3.63, 3.8) is 0 Å². The number of methoxy groups -OCH3 is 1. The molecule has 0 spiro atoms. The Morgan fingerprint density at radius 1 is 1.29 bits per heavy atom. The minimum Gasteiger partial charge on any atom is -0.390 e. The van der Waals surface area contributed by atoms with E-state index in [0.717, 1.165) is 16.8 Å². The van der Waals surface area contributed by atoms with Gasteiger partial charge in [0.25, 0.3) is 0 Å². The number of aliphatic hydroxyl groups is 1. The summed E-state index contributed by atoms with van der Waals surface area (Å²) in [6, 6.07) is 5.87. The standard InChI is InChI=1S/C19H26N4O4S/c1-13-4-5-14(2)16(8-13)22-18(26)12-28-19-21-9-15(11-24)23(19)10-17(25)20-6-7-27-3/h4-5,8-9,24H,6-7,10-12H2,1-3H3,(H,20,25)(H,22,26). The highest BCUT2D eigenvalue weighted by Crippen LogP contribution is 2.21. The number of carbonyl (C=O) groups excluding carboxylic acids is 2. The molecule has 152 valence electrons. The molecule has 0 fully saturated rings. The van der Waals surface area contributed by atoms with E-state index in [1.807, 2.05) is 32.0 Å². The van der Waals surface area contributed by atoms with E-state index in [2.05, 4.69) is 15.6 Å². The second-order valence-corrected chi connectivity index (χ2v) is 7.22. The molecule has 0 bridgehead atoms. The first kappa shape index (κ1) is 21.9. The lowest BCUT2D eigenvalue weighted by molar-refractivity contribution is -0.122. The van der Waals surface area contributed by atoms with Gasteiger partial charge in [0.1, 0.15) is 6.54 Å². The van der Waals surface area contributed by atoms with E-state index in [4.69, 9.17) is 4.74 Å². The van der Waals surface area contributed by atoms with Crippen LogP contribution in [0.3, 0.4) is 0 Å². The number of nitrogens with zero attached hydrogens (tertiary/aromatic N) is 2. The third-order valence-corrected chi connectivity index (χ3v) is 4.98. The molecule has 1 heterocycles. The van der Waals surface area contributed by atoms with Crippen molar-refractivity contribution in [2.75, 3.05) is 31.3 Å². The number of hydrogen-bond donors (Lipinski definition) is 3. The number of rotatable bonds is 10. The number of hydrogen-bond acceptors (Lipinski definition) is 6. The molecule has 3 N–H and O–H groups in total. The Hall–Kier alpha value is -2.36. The van der Waals surface area contributed by atoms with Crippen molar-refractivity contribution < 1.29 is 19.4 Å². The van der Waals surface area contributed by atoms with E-state index in [9.17, 15) is 14.7 Å². The molecule has 1 aromatic carbocycles. The van der Waals surface area contributed by atoms with Gasteiger partial charge in [0.15, 0.2) is 5.16 Å². The summed E-state index contributed by atoms with van der Waals surface area (Å²) in [4.78, 5) is 28.6. The zero-order valence-electron chi connectivity index (χ0n) is 16.3. The molecule has 2 aromatic rings. The van der Waals surface area contributed by atoms with E-state index in [1.165, 1.54) is 18.0 Å². The van der Waals surface area contributed by atoms with Gasteiger partial charge in [-0.25, -0.2) is 4.98 Å². The molecule has 0 unspecified atom stereocenters. The number of anilines is 1. The van der Waals surface area contributed by atoms with Crippen molar-refractivity contribution in [1.82, 2.24) is 14.9 Å². The Morgan fingerprint density at radius 3 is 2.79 bits per heavy atom. The van der Waals surface area contributed by atoms with Crippen molar-refractivity contribution >= 4 is 29.3 Å². The number of ether oxygens (including phenoxy) is 1. The van der Waals surface area contributed by atoms with Crippen LogP contribution in [-0.4, -0.2) is 52.5 Å². The largest absolute Gasteiger partial charge is 0.390 e. The molecule has 0 aliphatic rings. The molecule has 0 atom stereocenters. The van der Waals surface area contributed by atoms with Crippen LogP contribution >= 0.6 is 11.8 Å². The van der Waals surface area contributed by atoms with Crippen LogP contribution in [0.2, 0.25) is 0 Å². The van der Waals surface area contributed by atoms with Gasteiger partial charge < -0.3 is 25.0 Å². The zero-order chi connectivity index (χ0) is 20.5.